The third kappa shape index (κ3) is 2.97. The van der Waals surface area contributed by atoms with Gasteiger partial charge in [-0.05, 0) is 43.9 Å². The minimum absolute atomic E-state index is 0.266. The summed E-state index contributed by atoms with van der Waals surface area (Å²) < 4.78 is 6.18. The van der Waals surface area contributed by atoms with Crippen molar-refractivity contribution in [3.63, 3.8) is 0 Å². The molecule has 0 bridgehead atoms. The highest BCUT2D eigenvalue weighted by molar-refractivity contribution is 5.92. The average Bonchev–Trinajstić information content (AvgIpc) is 3.24. The second-order valence-electron chi connectivity index (χ2n) is 5.89. The SMILES string of the molecule is C(=C\c1n[nH]c2ccnc(OC3CCCCC3)c12)/c1cn[nH]c1. The van der Waals surface area contributed by atoms with E-state index < -0.39 is 0 Å². The highest BCUT2D eigenvalue weighted by Crippen LogP contribution is 2.29. The lowest BCUT2D eigenvalue weighted by Gasteiger charge is -2.22. The summed E-state index contributed by atoms with van der Waals surface area (Å²) in [5, 5.41) is 15.1. The summed E-state index contributed by atoms with van der Waals surface area (Å²) in [4.78, 5) is 4.44. The number of pyridine rings is 1. The first kappa shape index (κ1) is 14.0. The number of hydrogen-bond acceptors (Lipinski definition) is 4. The second-order valence-corrected chi connectivity index (χ2v) is 5.89. The molecule has 1 aliphatic rings. The molecule has 0 radical (unpaired) electrons. The van der Waals surface area contributed by atoms with Crippen molar-refractivity contribution in [2.24, 2.45) is 0 Å². The molecule has 3 heterocycles. The van der Waals surface area contributed by atoms with E-state index in [1.165, 1.54) is 19.3 Å². The molecule has 3 aromatic heterocycles. The normalized spacial score (nSPS) is 16.3. The predicted octanol–water partition coefficient (Wildman–Crippen LogP) is 3.56. The minimum atomic E-state index is 0.266. The largest absolute Gasteiger partial charge is 0.474 e. The molecule has 1 aliphatic carbocycles. The van der Waals surface area contributed by atoms with Crippen LogP contribution in [0.25, 0.3) is 23.1 Å². The van der Waals surface area contributed by atoms with E-state index in [4.69, 9.17) is 4.74 Å². The zero-order chi connectivity index (χ0) is 15.5. The van der Waals surface area contributed by atoms with Gasteiger partial charge in [-0.3, -0.25) is 10.2 Å². The highest BCUT2D eigenvalue weighted by Gasteiger charge is 2.18. The molecule has 1 fully saturated rings. The lowest BCUT2D eigenvalue weighted by atomic mass is 9.98. The maximum Gasteiger partial charge on any atom is 0.225 e. The summed E-state index contributed by atoms with van der Waals surface area (Å²) in [6, 6.07) is 1.92. The Morgan fingerprint density at radius 1 is 1.17 bits per heavy atom. The zero-order valence-electron chi connectivity index (χ0n) is 12.8. The quantitative estimate of drug-likeness (QED) is 0.772. The molecule has 1 saturated carbocycles. The van der Waals surface area contributed by atoms with Gasteiger partial charge in [-0.25, -0.2) is 4.98 Å². The second kappa shape index (κ2) is 6.24. The molecular weight excluding hydrogens is 290 g/mol. The Balaban J connectivity index is 1.66. The Morgan fingerprint density at radius 2 is 2.09 bits per heavy atom. The van der Waals surface area contributed by atoms with Crippen molar-refractivity contribution < 1.29 is 4.74 Å². The van der Waals surface area contributed by atoms with Crippen molar-refractivity contribution in [1.82, 2.24) is 25.4 Å². The minimum Gasteiger partial charge on any atom is -0.474 e. The maximum absolute atomic E-state index is 6.18. The monoisotopic (exact) mass is 309 g/mol. The van der Waals surface area contributed by atoms with Gasteiger partial charge in [0, 0.05) is 18.0 Å². The van der Waals surface area contributed by atoms with Gasteiger partial charge in [0.05, 0.1) is 22.8 Å². The lowest BCUT2D eigenvalue weighted by Crippen LogP contribution is -2.20. The molecule has 0 amide bonds. The van der Waals surface area contributed by atoms with Crippen molar-refractivity contribution in [3.8, 4) is 5.88 Å². The van der Waals surface area contributed by atoms with E-state index in [1.54, 1.807) is 12.4 Å². The summed E-state index contributed by atoms with van der Waals surface area (Å²) in [7, 11) is 0. The highest BCUT2D eigenvalue weighted by atomic mass is 16.5. The number of hydrogen-bond donors (Lipinski definition) is 2. The van der Waals surface area contributed by atoms with Crippen LogP contribution in [0.1, 0.15) is 43.4 Å². The zero-order valence-corrected chi connectivity index (χ0v) is 12.8. The topological polar surface area (TPSA) is 79.5 Å². The first-order valence-electron chi connectivity index (χ1n) is 8.07. The number of aromatic nitrogens is 5. The van der Waals surface area contributed by atoms with Gasteiger partial charge in [-0.2, -0.15) is 10.2 Å². The van der Waals surface area contributed by atoms with Gasteiger partial charge in [0.25, 0.3) is 0 Å². The Bertz CT molecular complexity index is 800. The van der Waals surface area contributed by atoms with E-state index in [2.05, 4.69) is 25.4 Å². The van der Waals surface area contributed by atoms with E-state index in [9.17, 15) is 0 Å². The van der Waals surface area contributed by atoms with Crippen LogP contribution < -0.4 is 4.74 Å². The summed E-state index contributed by atoms with van der Waals surface area (Å²) >= 11 is 0. The van der Waals surface area contributed by atoms with E-state index in [1.807, 2.05) is 24.4 Å². The fourth-order valence-electron chi connectivity index (χ4n) is 3.04. The smallest absolute Gasteiger partial charge is 0.225 e. The van der Waals surface area contributed by atoms with E-state index >= 15 is 0 Å². The molecule has 4 rings (SSSR count). The molecule has 0 atom stereocenters. The fourth-order valence-corrected chi connectivity index (χ4v) is 3.04. The van der Waals surface area contributed by atoms with Gasteiger partial charge in [-0.1, -0.05) is 6.42 Å². The molecule has 0 aromatic carbocycles. The number of ether oxygens (including phenoxy) is 1. The number of H-pyrrole nitrogens is 2. The average molecular weight is 309 g/mol. The molecule has 0 spiro atoms. The summed E-state index contributed by atoms with van der Waals surface area (Å²) in [5.41, 5.74) is 2.78. The van der Waals surface area contributed by atoms with Gasteiger partial charge in [-0.15, -0.1) is 0 Å². The van der Waals surface area contributed by atoms with Crippen LogP contribution in [0.15, 0.2) is 24.7 Å². The third-order valence-corrected chi connectivity index (χ3v) is 4.25. The van der Waals surface area contributed by atoms with Crippen molar-refractivity contribution in [1.29, 1.82) is 0 Å². The Kier molecular flexibility index (Phi) is 3.80. The first-order valence-corrected chi connectivity index (χ1v) is 8.07. The van der Waals surface area contributed by atoms with Crippen LogP contribution in [0.3, 0.4) is 0 Å². The number of nitrogens with zero attached hydrogens (tertiary/aromatic N) is 3. The van der Waals surface area contributed by atoms with Gasteiger partial charge in [0.2, 0.25) is 5.88 Å². The molecule has 6 heteroatoms. The molecular formula is C17H19N5O. The van der Waals surface area contributed by atoms with Crippen LogP contribution in [-0.4, -0.2) is 31.5 Å². The van der Waals surface area contributed by atoms with Crippen LogP contribution in [-0.2, 0) is 0 Å². The fraction of sp³-hybridized carbons (Fsp3) is 0.353. The molecule has 23 heavy (non-hydrogen) atoms. The number of fused-ring (bicyclic) bond motifs is 1. The van der Waals surface area contributed by atoms with Gasteiger partial charge >= 0.3 is 0 Å². The van der Waals surface area contributed by atoms with Gasteiger partial charge < -0.3 is 4.74 Å². The number of rotatable bonds is 4. The maximum atomic E-state index is 6.18. The van der Waals surface area contributed by atoms with Crippen LogP contribution in [0, 0.1) is 0 Å². The lowest BCUT2D eigenvalue weighted by molar-refractivity contribution is 0.151. The Morgan fingerprint density at radius 3 is 2.91 bits per heavy atom. The molecule has 3 aromatic rings. The number of nitrogens with one attached hydrogen (secondary N) is 2. The van der Waals surface area contributed by atoms with Gasteiger partial charge in [0.1, 0.15) is 6.10 Å². The molecule has 0 unspecified atom stereocenters. The molecule has 6 nitrogen and oxygen atoms in total. The molecule has 0 saturated heterocycles. The molecule has 118 valence electrons. The van der Waals surface area contributed by atoms with Crippen molar-refractivity contribution in [2.75, 3.05) is 0 Å². The summed E-state index contributed by atoms with van der Waals surface area (Å²) in [6.45, 7) is 0. The third-order valence-electron chi connectivity index (χ3n) is 4.25. The van der Waals surface area contributed by atoms with Crippen LogP contribution in [0.2, 0.25) is 0 Å². The Hall–Kier alpha value is -2.63. The van der Waals surface area contributed by atoms with E-state index in [0.29, 0.717) is 5.88 Å². The summed E-state index contributed by atoms with van der Waals surface area (Å²) in [5.74, 6) is 0.676. The summed E-state index contributed by atoms with van der Waals surface area (Å²) in [6.07, 6.45) is 15.6. The Labute approximate surface area is 134 Å². The standard InChI is InChI=1S/C17H19N5O/c1-2-4-13(5-3-1)23-17-16-14(7-6-12-10-19-20-11-12)21-22-15(16)8-9-18-17/h6-11,13H,1-5H2,(H,19,20)(H,21,22)/b7-6+. The van der Waals surface area contributed by atoms with Crippen molar-refractivity contribution >= 4 is 23.1 Å². The first-order chi connectivity index (χ1) is 11.4. The van der Waals surface area contributed by atoms with Crippen LogP contribution in [0.5, 0.6) is 5.88 Å². The van der Waals surface area contributed by atoms with Crippen LogP contribution in [0.4, 0.5) is 0 Å². The van der Waals surface area contributed by atoms with Crippen molar-refractivity contribution in [2.45, 2.75) is 38.2 Å². The molecule has 2 N–H and O–H groups in total. The van der Waals surface area contributed by atoms with E-state index in [0.717, 1.165) is 35.0 Å². The van der Waals surface area contributed by atoms with E-state index in [-0.39, 0.29) is 6.10 Å². The number of aromatic amines is 2. The molecule has 0 aliphatic heterocycles. The van der Waals surface area contributed by atoms with Crippen molar-refractivity contribution in [3.05, 3.63) is 35.9 Å². The predicted molar refractivity (Wildman–Crippen MR) is 88.9 cm³/mol. The van der Waals surface area contributed by atoms with Crippen LogP contribution >= 0.6 is 0 Å². The van der Waals surface area contributed by atoms with Gasteiger partial charge in [0.15, 0.2) is 0 Å².